The molecule has 5 nitrogen and oxygen atoms in total. The Morgan fingerprint density at radius 3 is 2.22 bits per heavy atom. The van der Waals surface area contributed by atoms with Crippen LogP contribution in [0.2, 0.25) is 0 Å². The van der Waals surface area contributed by atoms with Gasteiger partial charge < -0.3 is 14.5 Å². The predicted molar refractivity (Wildman–Crippen MR) is 95.8 cm³/mol. The number of ether oxygens (including phenoxy) is 1. The van der Waals surface area contributed by atoms with E-state index in [0.29, 0.717) is 38.3 Å². The zero-order chi connectivity index (χ0) is 19.4. The van der Waals surface area contributed by atoms with Crippen LogP contribution in [0.15, 0.2) is 42.5 Å². The van der Waals surface area contributed by atoms with Gasteiger partial charge in [0.05, 0.1) is 12.7 Å². The molecular formula is C20H20F2N2O3. The van der Waals surface area contributed by atoms with Gasteiger partial charge in [-0.05, 0) is 42.8 Å². The molecule has 0 spiro atoms. The van der Waals surface area contributed by atoms with Gasteiger partial charge in [0.1, 0.15) is 17.4 Å². The molecule has 1 saturated heterocycles. The Balaban J connectivity index is 1.72. The highest BCUT2D eigenvalue weighted by atomic mass is 19.1. The first-order valence-electron chi connectivity index (χ1n) is 8.67. The highest BCUT2D eigenvalue weighted by Gasteiger charge is 2.25. The van der Waals surface area contributed by atoms with Gasteiger partial charge in [0.2, 0.25) is 0 Å². The molecule has 27 heavy (non-hydrogen) atoms. The van der Waals surface area contributed by atoms with Crippen molar-refractivity contribution in [1.82, 2.24) is 9.80 Å². The Morgan fingerprint density at radius 2 is 1.56 bits per heavy atom. The van der Waals surface area contributed by atoms with Crippen molar-refractivity contribution in [3.8, 4) is 5.75 Å². The summed E-state index contributed by atoms with van der Waals surface area (Å²) in [6.07, 6.45) is 0.574. The molecule has 7 heteroatoms. The molecule has 0 bridgehead atoms. The standard InChI is InChI=1S/C20H20F2N2O3/c1-27-18-7-6-16(22)13-17(18)20(26)24-9-3-8-23(10-11-24)19(25)14-4-2-5-15(21)12-14/h2,4-7,12-13H,3,8-11H2,1H3. The van der Waals surface area contributed by atoms with Gasteiger partial charge in [0, 0.05) is 31.7 Å². The van der Waals surface area contributed by atoms with Gasteiger partial charge in [-0.25, -0.2) is 8.78 Å². The van der Waals surface area contributed by atoms with Crippen molar-refractivity contribution in [3.63, 3.8) is 0 Å². The lowest BCUT2D eigenvalue weighted by molar-refractivity contribution is 0.0716. The highest BCUT2D eigenvalue weighted by Crippen LogP contribution is 2.22. The van der Waals surface area contributed by atoms with E-state index in [1.54, 1.807) is 15.9 Å². The lowest BCUT2D eigenvalue weighted by Crippen LogP contribution is -2.37. The molecule has 0 atom stereocenters. The van der Waals surface area contributed by atoms with Gasteiger partial charge in [-0.3, -0.25) is 9.59 Å². The van der Waals surface area contributed by atoms with E-state index in [9.17, 15) is 18.4 Å². The fourth-order valence-corrected chi connectivity index (χ4v) is 3.15. The van der Waals surface area contributed by atoms with Crippen molar-refractivity contribution in [1.29, 1.82) is 0 Å². The van der Waals surface area contributed by atoms with E-state index in [-0.39, 0.29) is 22.9 Å². The zero-order valence-electron chi connectivity index (χ0n) is 15.0. The molecule has 1 aliphatic rings. The third-order valence-electron chi connectivity index (χ3n) is 4.53. The number of hydrogen-bond acceptors (Lipinski definition) is 3. The van der Waals surface area contributed by atoms with Crippen LogP contribution in [-0.4, -0.2) is 54.9 Å². The molecule has 1 fully saturated rings. The number of halogens is 2. The fourth-order valence-electron chi connectivity index (χ4n) is 3.15. The predicted octanol–water partition coefficient (Wildman–Crippen LogP) is 2.96. The van der Waals surface area contributed by atoms with Crippen molar-refractivity contribution in [2.75, 3.05) is 33.3 Å². The maximum atomic E-state index is 13.6. The Kier molecular flexibility index (Phi) is 5.69. The average molecular weight is 374 g/mol. The molecule has 1 aliphatic heterocycles. The summed E-state index contributed by atoms with van der Waals surface area (Å²) in [6, 6.07) is 9.35. The van der Waals surface area contributed by atoms with Crippen LogP contribution >= 0.6 is 0 Å². The van der Waals surface area contributed by atoms with Crippen LogP contribution in [0.25, 0.3) is 0 Å². The van der Waals surface area contributed by atoms with Crippen LogP contribution in [0.5, 0.6) is 5.75 Å². The van der Waals surface area contributed by atoms with E-state index in [4.69, 9.17) is 4.74 Å². The molecule has 3 rings (SSSR count). The highest BCUT2D eigenvalue weighted by molar-refractivity contribution is 5.97. The summed E-state index contributed by atoms with van der Waals surface area (Å²) < 4.78 is 32.1. The number of methoxy groups -OCH3 is 1. The summed E-state index contributed by atoms with van der Waals surface area (Å²) in [6.45, 7) is 1.52. The maximum Gasteiger partial charge on any atom is 0.257 e. The summed E-state index contributed by atoms with van der Waals surface area (Å²) >= 11 is 0. The van der Waals surface area contributed by atoms with E-state index in [2.05, 4.69) is 0 Å². The molecule has 0 radical (unpaired) electrons. The Hall–Kier alpha value is -2.96. The molecule has 2 aromatic carbocycles. The Labute approximate surface area is 156 Å². The number of carbonyl (C=O) groups excluding carboxylic acids is 2. The van der Waals surface area contributed by atoms with Crippen LogP contribution in [0.1, 0.15) is 27.1 Å². The largest absolute Gasteiger partial charge is 0.496 e. The van der Waals surface area contributed by atoms with Crippen LogP contribution in [0.3, 0.4) is 0 Å². The summed E-state index contributed by atoms with van der Waals surface area (Å²) in [7, 11) is 1.42. The normalized spacial score (nSPS) is 14.6. The summed E-state index contributed by atoms with van der Waals surface area (Å²) in [5.74, 6) is -1.29. The van der Waals surface area contributed by atoms with E-state index in [1.165, 1.54) is 37.4 Å². The van der Waals surface area contributed by atoms with Crippen LogP contribution < -0.4 is 4.74 Å². The van der Waals surface area contributed by atoms with Gasteiger partial charge in [0.25, 0.3) is 11.8 Å². The minimum Gasteiger partial charge on any atom is -0.496 e. The molecule has 1 heterocycles. The first-order chi connectivity index (χ1) is 13.0. The lowest BCUT2D eigenvalue weighted by atomic mass is 10.1. The minimum atomic E-state index is -0.517. The topological polar surface area (TPSA) is 49.9 Å². The van der Waals surface area contributed by atoms with Crippen molar-refractivity contribution >= 4 is 11.8 Å². The van der Waals surface area contributed by atoms with Gasteiger partial charge in [-0.1, -0.05) is 6.07 Å². The number of amides is 2. The molecule has 0 N–H and O–H groups in total. The lowest BCUT2D eigenvalue weighted by Gasteiger charge is -2.23. The number of hydrogen-bond donors (Lipinski definition) is 0. The van der Waals surface area contributed by atoms with Gasteiger partial charge in [-0.2, -0.15) is 0 Å². The molecular weight excluding hydrogens is 354 g/mol. The van der Waals surface area contributed by atoms with Crippen molar-refractivity contribution in [2.45, 2.75) is 6.42 Å². The van der Waals surface area contributed by atoms with E-state index in [1.807, 2.05) is 0 Å². The van der Waals surface area contributed by atoms with E-state index < -0.39 is 11.6 Å². The Bertz CT molecular complexity index is 857. The third-order valence-corrected chi connectivity index (χ3v) is 4.53. The van der Waals surface area contributed by atoms with Gasteiger partial charge in [-0.15, -0.1) is 0 Å². The van der Waals surface area contributed by atoms with Crippen LogP contribution in [-0.2, 0) is 0 Å². The number of nitrogens with zero attached hydrogens (tertiary/aromatic N) is 2. The molecule has 142 valence electrons. The van der Waals surface area contributed by atoms with Crippen LogP contribution in [0.4, 0.5) is 8.78 Å². The van der Waals surface area contributed by atoms with Gasteiger partial charge in [0.15, 0.2) is 0 Å². The second-order valence-electron chi connectivity index (χ2n) is 6.29. The van der Waals surface area contributed by atoms with Gasteiger partial charge >= 0.3 is 0 Å². The fraction of sp³-hybridized carbons (Fsp3) is 0.300. The summed E-state index contributed by atoms with van der Waals surface area (Å²) in [4.78, 5) is 28.6. The molecule has 2 aromatic rings. The van der Waals surface area contributed by atoms with Crippen molar-refractivity contribution < 1.29 is 23.1 Å². The number of carbonyl (C=O) groups is 2. The monoisotopic (exact) mass is 374 g/mol. The summed E-state index contributed by atoms with van der Waals surface area (Å²) in [5, 5.41) is 0. The van der Waals surface area contributed by atoms with Crippen LogP contribution in [0, 0.1) is 11.6 Å². The van der Waals surface area contributed by atoms with Crippen molar-refractivity contribution in [2.24, 2.45) is 0 Å². The van der Waals surface area contributed by atoms with Crippen molar-refractivity contribution in [3.05, 3.63) is 65.2 Å². The molecule has 0 aliphatic carbocycles. The molecule has 2 amide bonds. The average Bonchev–Trinajstić information content (AvgIpc) is 2.93. The zero-order valence-corrected chi connectivity index (χ0v) is 15.0. The minimum absolute atomic E-state index is 0.155. The Morgan fingerprint density at radius 1 is 0.889 bits per heavy atom. The quantitative estimate of drug-likeness (QED) is 0.830. The molecule has 0 aromatic heterocycles. The van der Waals surface area contributed by atoms with E-state index in [0.717, 1.165) is 6.07 Å². The smallest absolute Gasteiger partial charge is 0.257 e. The first kappa shape index (κ1) is 18.8. The number of benzene rings is 2. The van der Waals surface area contributed by atoms with E-state index >= 15 is 0 Å². The summed E-state index contributed by atoms with van der Waals surface area (Å²) in [5.41, 5.74) is 0.434. The second-order valence-corrected chi connectivity index (χ2v) is 6.29. The molecule has 0 saturated carbocycles. The number of rotatable bonds is 3. The first-order valence-corrected chi connectivity index (χ1v) is 8.67. The maximum absolute atomic E-state index is 13.6. The third kappa shape index (κ3) is 4.24. The molecule has 0 unspecified atom stereocenters. The second kappa shape index (κ2) is 8.16. The SMILES string of the molecule is COc1ccc(F)cc1C(=O)N1CCCN(C(=O)c2cccc(F)c2)CC1.